The SMILES string of the molecule is CCOC(=O)C1CCC(O)(c2cc(C)cc(Cc3cc(C)[nH]n3)n2)CC1.CO.Cc1cc(Cc2cc(C)[nH]n2)nc(C2(O)CCC(C(=O)O)CC2)c1.[Na+].[OH-]. The Balaban J connectivity index is 0.000000346. The molecular formula is C39H55N6NaO8. The molecule has 0 atom stereocenters. The first-order chi connectivity index (χ1) is 24.7. The monoisotopic (exact) mass is 758 g/mol. The average Bonchev–Trinajstić information content (AvgIpc) is 3.72. The van der Waals surface area contributed by atoms with E-state index in [1.54, 1.807) is 0 Å². The summed E-state index contributed by atoms with van der Waals surface area (Å²) in [5, 5.41) is 52.6. The number of aryl methyl sites for hydroxylation is 4. The molecule has 0 radical (unpaired) electrons. The van der Waals surface area contributed by atoms with E-state index in [9.17, 15) is 19.8 Å². The molecule has 0 amide bonds. The summed E-state index contributed by atoms with van der Waals surface area (Å²) < 4.78 is 5.12. The number of nitrogens with zero attached hydrogens (tertiary/aromatic N) is 4. The number of hydrogen-bond donors (Lipinski definition) is 6. The van der Waals surface area contributed by atoms with Crippen LogP contribution in [-0.2, 0) is 38.4 Å². The fourth-order valence-corrected chi connectivity index (χ4v) is 7.08. The van der Waals surface area contributed by atoms with Crippen molar-refractivity contribution in [3.05, 3.63) is 93.1 Å². The van der Waals surface area contributed by atoms with Gasteiger partial charge in [0.15, 0.2) is 0 Å². The number of pyridine rings is 2. The van der Waals surface area contributed by atoms with Crippen LogP contribution in [0.5, 0.6) is 0 Å². The van der Waals surface area contributed by atoms with Crippen molar-refractivity contribution in [1.29, 1.82) is 0 Å². The molecule has 0 bridgehead atoms. The van der Waals surface area contributed by atoms with Gasteiger partial charge in [-0.25, -0.2) is 0 Å². The molecule has 290 valence electrons. The number of carbonyl (C=O) groups excluding carboxylic acids is 1. The molecule has 0 unspecified atom stereocenters. The number of esters is 1. The first kappa shape index (κ1) is 46.7. The second kappa shape index (κ2) is 21.0. The zero-order valence-corrected chi connectivity index (χ0v) is 34.6. The van der Waals surface area contributed by atoms with Crippen molar-refractivity contribution in [3.63, 3.8) is 0 Å². The third-order valence-corrected chi connectivity index (χ3v) is 9.84. The summed E-state index contributed by atoms with van der Waals surface area (Å²) in [6.45, 7) is 10.1. The Kier molecular flexibility index (Phi) is 18.1. The van der Waals surface area contributed by atoms with Crippen LogP contribution in [0.1, 0.15) is 115 Å². The zero-order chi connectivity index (χ0) is 38.1. The molecule has 4 aromatic heterocycles. The minimum absolute atomic E-state index is 0. The fourth-order valence-electron chi connectivity index (χ4n) is 7.08. The molecule has 6 rings (SSSR count). The topological polar surface area (TPSA) is 237 Å². The van der Waals surface area contributed by atoms with Crippen LogP contribution in [-0.4, -0.2) is 81.9 Å². The third-order valence-electron chi connectivity index (χ3n) is 9.84. The molecule has 2 saturated carbocycles. The van der Waals surface area contributed by atoms with E-state index in [4.69, 9.17) is 19.9 Å². The number of nitrogens with one attached hydrogen (secondary N) is 2. The van der Waals surface area contributed by atoms with Crippen LogP contribution >= 0.6 is 0 Å². The van der Waals surface area contributed by atoms with Crippen LogP contribution in [0.15, 0.2) is 36.4 Å². The van der Waals surface area contributed by atoms with E-state index in [2.05, 4.69) is 25.4 Å². The molecule has 14 nitrogen and oxygen atoms in total. The molecule has 2 aliphatic carbocycles. The number of rotatable bonds is 9. The van der Waals surface area contributed by atoms with Crippen LogP contribution in [0.3, 0.4) is 0 Å². The number of aromatic amines is 2. The maximum absolute atomic E-state index is 11.9. The van der Waals surface area contributed by atoms with Crippen molar-refractivity contribution in [1.82, 2.24) is 30.4 Å². The molecule has 4 heterocycles. The van der Waals surface area contributed by atoms with Gasteiger partial charge < -0.3 is 30.6 Å². The fraction of sp³-hybridized carbons (Fsp3) is 0.538. The Morgan fingerprint density at radius 3 is 1.43 bits per heavy atom. The maximum atomic E-state index is 11.9. The number of carbonyl (C=O) groups is 2. The summed E-state index contributed by atoms with van der Waals surface area (Å²) in [6.07, 6.45) is 5.35. The molecule has 15 heteroatoms. The molecule has 7 N–H and O–H groups in total. The Hall–Kier alpha value is -3.50. The van der Waals surface area contributed by atoms with E-state index in [1.165, 1.54) is 0 Å². The quantitative estimate of drug-likeness (QED) is 0.106. The maximum Gasteiger partial charge on any atom is 1.00 e. The molecular weight excluding hydrogens is 703 g/mol. The standard InChI is InChI=1S/C20H27N3O3.C18H23N3O3.CH4O.Na.H2O/c1-4-26-19(24)15-5-7-20(25,8-6-15)18-10-13(2)9-16(21-18)12-17-11-14(3)22-23-17;1-11-7-14(10-15-9-12(2)20-21-15)19-16(8-11)18(24)5-3-13(4-6-18)17(22)23;1-2;;/h9-11,15,25H,4-8,12H2,1-3H3,(H,22,23);7-9,13,24H,3-6,10H2,1-2H3,(H,20,21)(H,22,23);2H,1H3;;1H2/q;;;+1;/p-1. The van der Waals surface area contributed by atoms with Crippen molar-refractivity contribution in [3.8, 4) is 0 Å². The molecule has 54 heavy (non-hydrogen) atoms. The van der Waals surface area contributed by atoms with Gasteiger partial charge in [-0.15, -0.1) is 0 Å². The molecule has 0 aliphatic heterocycles. The van der Waals surface area contributed by atoms with Gasteiger partial charge in [0, 0.05) is 42.7 Å². The van der Waals surface area contributed by atoms with E-state index < -0.39 is 17.2 Å². The predicted molar refractivity (Wildman–Crippen MR) is 196 cm³/mol. The Morgan fingerprint density at radius 1 is 0.704 bits per heavy atom. The van der Waals surface area contributed by atoms with Crippen molar-refractivity contribution in [2.75, 3.05) is 13.7 Å². The van der Waals surface area contributed by atoms with Gasteiger partial charge in [0.25, 0.3) is 0 Å². The zero-order valence-electron chi connectivity index (χ0n) is 32.6. The van der Waals surface area contributed by atoms with E-state index in [0.717, 1.165) is 52.4 Å². The van der Waals surface area contributed by atoms with Gasteiger partial charge in [-0.3, -0.25) is 29.8 Å². The van der Waals surface area contributed by atoms with Crippen molar-refractivity contribution < 1.29 is 69.8 Å². The van der Waals surface area contributed by atoms with Crippen LogP contribution in [0.4, 0.5) is 0 Å². The van der Waals surface area contributed by atoms with Crippen molar-refractivity contribution >= 4 is 11.9 Å². The summed E-state index contributed by atoms with van der Waals surface area (Å²) in [5.74, 6) is -1.40. The van der Waals surface area contributed by atoms with Gasteiger partial charge in [-0.05, 0) is 134 Å². The van der Waals surface area contributed by atoms with E-state index in [-0.39, 0.29) is 52.8 Å². The van der Waals surface area contributed by atoms with Gasteiger partial charge >= 0.3 is 41.5 Å². The van der Waals surface area contributed by atoms with Crippen molar-refractivity contribution in [2.45, 2.75) is 110 Å². The normalized spacial score (nSPS) is 21.9. The number of aliphatic hydroxyl groups excluding tert-OH is 1. The minimum atomic E-state index is -1.03. The summed E-state index contributed by atoms with van der Waals surface area (Å²) >= 11 is 0. The Morgan fingerprint density at radius 2 is 1.09 bits per heavy atom. The number of ether oxygens (including phenoxy) is 1. The number of hydrogen-bond acceptors (Lipinski definition) is 11. The first-order valence-corrected chi connectivity index (χ1v) is 18.0. The Bertz CT molecular complexity index is 1790. The van der Waals surface area contributed by atoms with Gasteiger partial charge in [0.2, 0.25) is 0 Å². The smallest absolute Gasteiger partial charge is 0.870 e. The van der Waals surface area contributed by atoms with Crippen LogP contribution < -0.4 is 29.6 Å². The second-order valence-corrected chi connectivity index (χ2v) is 14.2. The van der Waals surface area contributed by atoms with E-state index in [1.807, 2.05) is 71.0 Å². The van der Waals surface area contributed by atoms with E-state index >= 15 is 0 Å². The van der Waals surface area contributed by atoms with Crippen LogP contribution in [0.25, 0.3) is 0 Å². The number of carboxylic acids is 1. The average molecular weight is 759 g/mol. The van der Waals surface area contributed by atoms with Crippen LogP contribution in [0, 0.1) is 39.5 Å². The molecule has 4 aromatic rings. The van der Waals surface area contributed by atoms with Gasteiger partial charge in [-0.2, -0.15) is 10.2 Å². The molecule has 0 saturated heterocycles. The third kappa shape index (κ3) is 12.5. The number of H-pyrrole nitrogens is 2. The van der Waals surface area contributed by atoms with E-state index in [0.29, 0.717) is 82.2 Å². The Labute approximate surface area is 339 Å². The number of carboxylic acid groups (broad SMARTS) is 1. The van der Waals surface area contributed by atoms with Gasteiger partial charge in [-0.1, -0.05) is 0 Å². The summed E-state index contributed by atoms with van der Waals surface area (Å²) in [5.41, 5.74) is 7.07. The number of aliphatic carboxylic acids is 1. The predicted octanol–water partition coefficient (Wildman–Crippen LogP) is 1.86. The first-order valence-electron chi connectivity index (χ1n) is 18.0. The number of aromatic nitrogens is 6. The molecule has 0 aromatic carbocycles. The van der Waals surface area contributed by atoms with Gasteiger partial charge in [0.1, 0.15) is 11.2 Å². The largest absolute Gasteiger partial charge is 1.00 e. The van der Waals surface area contributed by atoms with Crippen LogP contribution in [0.2, 0.25) is 0 Å². The second-order valence-electron chi connectivity index (χ2n) is 14.2. The summed E-state index contributed by atoms with van der Waals surface area (Å²) in [7, 11) is 1.00. The van der Waals surface area contributed by atoms with Crippen molar-refractivity contribution in [2.24, 2.45) is 11.8 Å². The molecule has 0 spiro atoms. The number of aliphatic hydroxyl groups is 3. The van der Waals surface area contributed by atoms with Gasteiger partial charge in [0.05, 0.1) is 41.2 Å². The minimum Gasteiger partial charge on any atom is -0.870 e. The molecule has 2 aliphatic rings. The molecule has 2 fully saturated rings. The summed E-state index contributed by atoms with van der Waals surface area (Å²) in [4.78, 5) is 32.4. The summed E-state index contributed by atoms with van der Waals surface area (Å²) in [6, 6.07) is 11.9.